The van der Waals surface area contributed by atoms with Gasteiger partial charge in [-0.3, -0.25) is 4.90 Å². The van der Waals surface area contributed by atoms with E-state index in [1.807, 2.05) is 11.6 Å². The number of hydrogen-bond acceptors (Lipinski definition) is 4. The summed E-state index contributed by atoms with van der Waals surface area (Å²) in [5.41, 5.74) is 4.39. The van der Waals surface area contributed by atoms with Gasteiger partial charge in [-0.05, 0) is 44.4 Å². The number of guanidine groups is 1. The highest BCUT2D eigenvalue weighted by Gasteiger charge is 2.23. The topological polar surface area (TPSA) is 66.7 Å². The highest BCUT2D eigenvalue weighted by molar-refractivity contribution is 5.79. The summed E-state index contributed by atoms with van der Waals surface area (Å²) in [4.78, 5) is 7.42. The fraction of sp³-hybridized carbons (Fsp3) is 0.583. The molecule has 0 saturated carbocycles. The van der Waals surface area contributed by atoms with Crippen molar-refractivity contribution in [1.82, 2.24) is 25.3 Å². The van der Waals surface area contributed by atoms with Crippen LogP contribution in [0.15, 0.2) is 35.3 Å². The summed E-state index contributed by atoms with van der Waals surface area (Å²) in [7, 11) is 0. The Morgan fingerprint density at radius 2 is 1.90 bits per heavy atom. The lowest BCUT2D eigenvalue weighted by atomic mass is 10.0. The van der Waals surface area contributed by atoms with Gasteiger partial charge in [-0.15, -0.1) is 0 Å². The molecule has 1 unspecified atom stereocenters. The fourth-order valence-electron chi connectivity index (χ4n) is 4.13. The van der Waals surface area contributed by atoms with E-state index < -0.39 is 0 Å². The monoisotopic (exact) mass is 426 g/mol. The number of nitrogens with zero attached hydrogens (tertiary/aromatic N) is 4. The van der Waals surface area contributed by atoms with Crippen molar-refractivity contribution in [2.24, 2.45) is 10.9 Å². The van der Waals surface area contributed by atoms with E-state index in [1.165, 1.54) is 0 Å². The summed E-state index contributed by atoms with van der Waals surface area (Å²) in [6.07, 6.45) is 0. The number of ether oxygens (including phenoxy) is 1. The largest absolute Gasteiger partial charge is 0.379 e. The molecule has 1 saturated heterocycles. The van der Waals surface area contributed by atoms with Crippen LogP contribution in [0.1, 0.15) is 37.7 Å². The molecule has 0 bridgehead atoms. The first kappa shape index (κ1) is 23.3. The van der Waals surface area contributed by atoms with Gasteiger partial charge < -0.3 is 15.4 Å². The van der Waals surface area contributed by atoms with E-state index in [1.54, 1.807) is 0 Å². The predicted molar refractivity (Wildman–Crippen MR) is 127 cm³/mol. The molecule has 31 heavy (non-hydrogen) atoms. The number of aromatic nitrogens is 2. The first-order valence-electron chi connectivity index (χ1n) is 11.4. The molecule has 170 valence electrons. The Balaban J connectivity index is 1.72. The lowest BCUT2D eigenvalue weighted by Gasteiger charge is -2.37. The van der Waals surface area contributed by atoms with Gasteiger partial charge in [-0.25, -0.2) is 9.67 Å². The van der Waals surface area contributed by atoms with Crippen LogP contribution in [0.4, 0.5) is 0 Å². The van der Waals surface area contributed by atoms with E-state index in [0.29, 0.717) is 18.5 Å². The normalized spacial score (nSPS) is 16.5. The van der Waals surface area contributed by atoms with Gasteiger partial charge in [-0.1, -0.05) is 32.0 Å². The van der Waals surface area contributed by atoms with E-state index in [-0.39, 0.29) is 0 Å². The molecule has 1 aromatic heterocycles. The summed E-state index contributed by atoms with van der Waals surface area (Å²) >= 11 is 0. The molecular weight excluding hydrogens is 388 g/mol. The molecule has 2 aromatic rings. The Bertz CT molecular complexity index is 854. The van der Waals surface area contributed by atoms with Gasteiger partial charge in [-0.2, -0.15) is 5.10 Å². The van der Waals surface area contributed by atoms with Gasteiger partial charge in [0.05, 0.1) is 31.1 Å². The molecule has 1 atom stereocenters. The fourth-order valence-corrected chi connectivity index (χ4v) is 4.13. The maximum Gasteiger partial charge on any atom is 0.191 e. The molecular formula is C24H38N6O. The van der Waals surface area contributed by atoms with Crippen LogP contribution in [0, 0.1) is 19.8 Å². The Labute approximate surface area is 186 Å². The first-order valence-corrected chi connectivity index (χ1v) is 11.4. The molecule has 3 rings (SSSR count). The number of nitrogens with one attached hydrogen (secondary N) is 2. The summed E-state index contributed by atoms with van der Waals surface area (Å²) < 4.78 is 7.54. The minimum absolute atomic E-state index is 0.453. The SMILES string of the molecule is CCNC(=NCc1ccccc1-n1nc(C)cc1C)NCC(C(C)C)N1CCOCC1. The van der Waals surface area contributed by atoms with Crippen molar-refractivity contribution in [3.05, 3.63) is 47.3 Å². The van der Waals surface area contributed by atoms with Crippen LogP contribution >= 0.6 is 0 Å². The zero-order chi connectivity index (χ0) is 22.2. The van der Waals surface area contributed by atoms with E-state index in [0.717, 1.165) is 68.0 Å². The summed E-state index contributed by atoms with van der Waals surface area (Å²) in [6.45, 7) is 16.7. The minimum atomic E-state index is 0.453. The van der Waals surface area contributed by atoms with Crippen LogP contribution in [0.5, 0.6) is 0 Å². The molecule has 2 heterocycles. The van der Waals surface area contributed by atoms with Crippen molar-refractivity contribution >= 4 is 5.96 Å². The Kier molecular flexibility index (Phi) is 8.49. The smallest absolute Gasteiger partial charge is 0.191 e. The predicted octanol–water partition coefficient (Wildman–Crippen LogP) is 2.90. The number of rotatable bonds is 8. The molecule has 0 amide bonds. The molecule has 0 spiro atoms. The van der Waals surface area contributed by atoms with Gasteiger partial charge in [0.2, 0.25) is 0 Å². The quantitative estimate of drug-likeness (QED) is 0.502. The molecule has 1 fully saturated rings. The zero-order valence-electron chi connectivity index (χ0n) is 19.7. The average molecular weight is 427 g/mol. The van der Waals surface area contributed by atoms with Gasteiger partial charge in [0, 0.05) is 37.9 Å². The number of para-hydroxylation sites is 1. The summed E-state index contributed by atoms with van der Waals surface area (Å²) in [6, 6.07) is 10.9. The van der Waals surface area contributed by atoms with E-state index >= 15 is 0 Å². The highest BCUT2D eigenvalue weighted by Crippen LogP contribution is 2.18. The molecule has 7 heteroatoms. The van der Waals surface area contributed by atoms with Gasteiger partial charge >= 0.3 is 0 Å². The maximum atomic E-state index is 5.53. The van der Waals surface area contributed by atoms with E-state index in [4.69, 9.17) is 9.73 Å². The second kappa shape index (κ2) is 11.3. The number of aliphatic imine (C=N–C) groups is 1. The number of benzene rings is 1. The summed E-state index contributed by atoms with van der Waals surface area (Å²) in [5, 5.41) is 11.6. The molecule has 1 aliphatic rings. The first-order chi connectivity index (χ1) is 15.0. The molecule has 1 aromatic carbocycles. The molecule has 0 radical (unpaired) electrons. The van der Waals surface area contributed by atoms with Crippen molar-refractivity contribution in [2.75, 3.05) is 39.4 Å². The third-order valence-corrected chi connectivity index (χ3v) is 5.74. The van der Waals surface area contributed by atoms with Crippen LogP contribution in [0.25, 0.3) is 5.69 Å². The minimum Gasteiger partial charge on any atom is -0.379 e. The van der Waals surface area contributed by atoms with Crippen LogP contribution in [0.3, 0.4) is 0 Å². The van der Waals surface area contributed by atoms with Gasteiger partial charge in [0.25, 0.3) is 0 Å². The third kappa shape index (κ3) is 6.31. The molecule has 7 nitrogen and oxygen atoms in total. The lowest BCUT2D eigenvalue weighted by molar-refractivity contribution is 0.00752. The average Bonchev–Trinajstić information content (AvgIpc) is 3.10. The second-order valence-electron chi connectivity index (χ2n) is 8.50. The second-order valence-corrected chi connectivity index (χ2v) is 8.50. The number of morpholine rings is 1. The van der Waals surface area contributed by atoms with Crippen molar-refractivity contribution < 1.29 is 4.74 Å². The van der Waals surface area contributed by atoms with Gasteiger partial charge in [0.1, 0.15) is 0 Å². The Morgan fingerprint density at radius 1 is 1.16 bits per heavy atom. The highest BCUT2D eigenvalue weighted by atomic mass is 16.5. The molecule has 2 N–H and O–H groups in total. The zero-order valence-corrected chi connectivity index (χ0v) is 19.7. The van der Waals surface area contributed by atoms with Gasteiger partial charge in [0.15, 0.2) is 5.96 Å². The van der Waals surface area contributed by atoms with E-state index in [9.17, 15) is 0 Å². The number of hydrogen-bond donors (Lipinski definition) is 2. The van der Waals surface area contributed by atoms with E-state index in [2.05, 4.69) is 78.7 Å². The van der Waals surface area contributed by atoms with Crippen molar-refractivity contribution in [1.29, 1.82) is 0 Å². The van der Waals surface area contributed by atoms with Crippen molar-refractivity contribution in [3.8, 4) is 5.69 Å². The van der Waals surface area contributed by atoms with Crippen LogP contribution in [-0.4, -0.2) is 66.1 Å². The molecule has 1 aliphatic heterocycles. The van der Waals surface area contributed by atoms with Crippen LogP contribution in [-0.2, 0) is 11.3 Å². The lowest BCUT2D eigenvalue weighted by Crippen LogP contribution is -2.52. The number of aryl methyl sites for hydroxylation is 2. The Hall–Kier alpha value is -2.38. The standard InChI is InChI=1S/C24H38N6O/c1-6-25-24(27-17-23(18(2)3)29-11-13-31-14-12-29)26-16-21-9-7-8-10-22(21)30-20(5)15-19(4)28-30/h7-10,15,18,23H,6,11-14,16-17H2,1-5H3,(H2,25,26,27). The van der Waals surface area contributed by atoms with Crippen molar-refractivity contribution in [2.45, 2.75) is 47.2 Å². The van der Waals surface area contributed by atoms with Crippen molar-refractivity contribution in [3.63, 3.8) is 0 Å². The summed E-state index contributed by atoms with van der Waals surface area (Å²) in [5.74, 6) is 1.41. The van der Waals surface area contributed by atoms with Crippen LogP contribution < -0.4 is 10.6 Å². The Morgan fingerprint density at radius 3 is 2.55 bits per heavy atom. The maximum absolute atomic E-state index is 5.53. The van der Waals surface area contributed by atoms with Crippen LogP contribution in [0.2, 0.25) is 0 Å². The molecule has 0 aliphatic carbocycles. The third-order valence-electron chi connectivity index (χ3n) is 5.74.